The molecule has 84 valence electrons. The average molecular weight is 221 g/mol. The standard InChI is InChI=1S/C16H15N/c1-10-8-16-14(12(3)11(10)2)9-13-6-4-5-7-15(13)17-16/h4-9H,1-3H3. The molecule has 0 spiro atoms. The van der Waals surface area contributed by atoms with Gasteiger partial charge in [0.25, 0.3) is 0 Å². The van der Waals surface area contributed by atoms with Gasteiger partial charge in [-0.2, -0.15) is 0 Å². The number of aryl methyl sites for hydroxylation is 2. The van der Waals surface area contributed by atoms with Crippen molar-refractivity contribution in [3.05, 3.63) is 53.1 Å². The number of hydrogen-bond acceptors (Lipinski definition) is 1. The molecule has 0 aliphatic carbocycles. The fourth-order valence-electron chi connectivity index (χ4n) is 2.35. The summed E-state index contributed by atoms with van der Waals surface area (Å²) in [4.78, 5) is 4.74. The minimum Gasteiger partial charge on any atom is -0.248 e. The van der Waals surface area contributed by atoms with E-state index in [-0.39, 0.29) is 0 Å². The van der Waals surface area contributed by atoms with E-state index in [4.69, 9.17) is 4.98 Å². The number of benzene rings is 2. The van der Waals surface area contributed by atoms with Crippen molar-refractivity contribution in [1.29, 1.82) is 0 Å². The molecule has 0 fully saturated rings. The minimum atomic E-state index is 1.07. The predicted molar refractivity (Wildman–Crippen MR) is 73.5 cm³/mol. The van der Waals surface area contributed by atoms with Crippen LogP contribution in [0.15, 0.2) is 36.4 Å². The predicted octanol–water partition coefficient (Wildman–Crippen LogP) is 4.31. The summed E-state index contributed by atoms with van der Waals surface area (Å²) in [6.45, 7) is 6.51. The Kier molecular flexibility index (Phi) is 2.15. The zero-order chi connectivity index (χ0) is 12.0. The molecule has 1 heteroatoms. The van der Waals surface area contributed by atoms with Gasteiger partial charge in [-0.05, 0) is 55.7 Å². The van der Waals surface area contributed by atoms with Crippen LogP contribution in [0.4, 0.5) is 0 Å². The molecule has 0 bridgehead atoms. The Morgan fingerprint density at radius 3 is 2.41 bits per heavy atom. The van der Waals surface area contributed by atoms with Crippen LogP contribution < -0.4 is 0 Å². The second-order valence-electron chi connectivity index (χ2n) is 4.69. The van der Waals surface area contributed by atoms with E-state index in [9.17, 15) is 0 Å². The lowest BCUT2D eigenvalue weighted by atomic mass is 9.98. The molecule has 3 aromatic rings. The Labute approximate surface area is 101 Å². The molecular weight excluding hydrogens is 206 g/mol. The molecule has 1 aromatic heterocycles. The summed E-state index contributed by atoms with van der Waals surface area (Å²) in [5.74, 6) is 0. The van der Waals surface area contributed by atoms with Crippen LogP contribution in [0, 0.1) is 20.8 Å². The summed E-state index contributed by atoms with van der Waals surface area (Å²) >= 11 is 0. The smallest absolute Gasteiger partial charge is 0.0715 e. The first-order chi connectivity index (χ1) is 8.16. The van der Waals surface area contributed by atoms with Crippen molar-refractivity contribution in [3.63, 3.8) is 0 Å². The Morgan fingerprint density at radius 2 is 1.59 bits per heavy atom. The molecule has 0 atom stereocenters. The van der Waals surface area contributed by atoms with Crippen LogP contribution in [0.1, 0.15) is 16.7 Å². The van der Waals surface area contributed by atoms with Crippen LogP contribution in [0.2, 0.25) is 0 Å². The quantitative estimate of drug-likeness (QED) is 0.515. The molecule has 1 nitrogen and oxygen atoms in total. The highest BCUT2D eigenvalue weighted by atomic mass is 14.7. The van der Waals surface area contributed by atoms with Gasteiger partial charge in [-0.3, -0.25) is 0 Å². The maximum Gasteiger partial charge on any atom is 0.0715 e. The number of aromatic nitrogens is 1. The number of rotatable bonds is 0. The molecule has 0 amide bonds. The third-order valence-electron chi connectivity index (χ3n) is 3.66. The third-order valence-corrected chi connectivity index (χ3v) is 3.66. The first-order valence-corrected chi connectivity index (χ1v) is 5.93. The fourth-order valence-corrected chi connectivity index (χ4v) is 2.35. The van der Waals surface area contributed by atoms with E-state index < -0.39 is 0 Å². The summed E-state index contributed by atoms with van der Waals surface area (Å²) in [6.07, 6.45) is 0. The van der Waals surface area contributed by atoms with Gasteiger partial charge in [-0.1, -0.05) is 18.2 Å². The van der Waals surface area contributed by atoms with Gasteiger partial charge in [0.05, 0.1) is 11.0 Å². The summed E-state index contributed by atoms with van der Waals surface area (Å²) in [6, 6.07) is 12.7. The molecule has 0 saturated carbocycles. The molecule has 0 N–H and O–H groups in total. The largest absolute Gasteiger partial charge is 0.248 e. The molecule has 3 rings (SSSR count). The number of para-hydroxylation sites is 1. The van der Waals surface area contributed by atoms with Gasteiger partial charge in [-0.25, -0.2) is 4.98 Å². The maximum atomic E-state index is 4.74. The molecular formula is C16H15N. The molecule has 0 aliphatic rings. The van der Waals surface area contributed by atoms with Crippen molar-refractivity contribution in [2.24, 2.45) is 0 Å². The zero-order valence-corrected chi connectivity index (χ0v) is 10.4. The average Bonchev–Trinajstić information content (AvgIpc) is 2.34. The number of pyridine rings is 1. The molecule has 0 unspecified atom stereocenters. The van der Waals surface area contributed by atoms with Crippen molar-refractivity contribution < 1.29 is 0 Å². The van der Waals surface area contributed by atoms with Crippen molar-refractivity contribution in [2.45, 2.75) is 20.8 Å². The van der Waals surface area contributed by atoms with Crippen molar-refractivity contribution in [3.8, 4) is 0 Å². The van der Waals surface area contributed by atoms with E-state index in [1.165, 1.54) is 27.5 Å². The van der Waals surface area contributed by atoms with Gasteiger partial charge in [0.1, 0.15) is 0 Å². The Balaban J connectivity index is 2.52. The van der Waals surface area contributed by atoms with Crippen molar-refractivity contribution in [1.82, 2.24) is 4.98 Å². The van der Waals surface area contributed by atoms with E-state index in [0.29, 0.717) is 0 Å². The summed E-state index contributed by atoms with van der Waals surface area (Å²) in [7, 11) is 0. The SMILES string of the molecule is Cc1cc2nc3ccccc3cc2c(C)c1C. The van der Waals surface area contributed by atoms with E-state index in [0.717, 1.165) is 11.0 Å². The first kappa shape index (κ1) is 10.3. The molecule has 0 aliphatic heterocycles. The molecule has 17 heavy (non-hydrogen) atoms. The monoisotopic (exact) mass is 221 g/mol. The number of nitrogens with zero attached hydrogens (tertiary/aromatic N) is 1. The molecule has 2 aromatic carbocycles. The Hall–Kier alpha value is -1.89. The van der Waals surface area contributed by atoms with E-state index >= 15 is 0 Å². The van der Waals surface area contributed by atoms with E-state index in [2.05, 4.69) is 51.1 Å². The van der Waals surface area contributed by atoms with E-state index in [1.807, 2.05) is 6.07 Å². The molecule has 1 heterocycles. The lowest BCUT2D eigenvalue weighted by molar-refractivity contribution is 1.29. The second kappa shape index (κ2) is 3.56. The first-order valence-electron chi connectivity index (χ1n) is 5.93. The second-order valence-corrected chi connectivity index (χ2v) is 4.69. The highest BCUT2D eigenvalue weighted by molar-refractivity contribution is 5.95. The van der Waals surface area contributed by atoms with Crippen LogP contribution >= 0.6 is 0 Å². The van der Waals surface area contributed by atoms with Crippen molar-refractivity contribution >= 4 is 21.8 Å². The molecule has 0 saturated heterocycles. The minimum absolute atomic E-state index is 1.07. The lowest BCUT2D eigenvalue weighted by Crippen LogP contribution is -1.91. The van der Waals surface area contributed by atoms with Gasteiger partial charge < -0.3 is 0 Å². The normalized spacial score (nSPS) is 11.2. The highest BCUT2D eigenvalue weighted by Crippen LogP contribution is 2.26. The Bertz CT molecular complexity index is 726. The van der Waals surface area contributed by atoms with Gasteiger partial charge in [0.15, 0.2) is 0 Å². The van der Waals surface area contributed by atoms with Crippen molar-refractivity contribution in [2.75, 3.05) is 0 Å². The maximum absolute atomic E-state index is 4.74. The zero-order valence-electron chi connectivity index (χ0n) is 10.4. The van der Waals surface area contributed by atoms with Crippen LogP contribution in [-0.4, -0.2) is 4.98 Å². The van der Waals surface area contributed by atoms with Gasteiger partial charge in [0, 0.05) is 10.8 Å². The van der Waals surface area contributed by atoms with Gasteiger partial charge >= 0.3 is 0 Å². The summed E-state index contributed by atoms with van der Waals surface area (Å²) < 4.78 is 0. The fraction of sp³-hybridized carbons (Fsp3) is 0.188. The topological polar surface area (TPSA) is 12.9 Å². The van der Waals surface area contributed by atoms with Crippen LogP contribution in [-0.2, 0) is 0 Å². The number of hydrogen-bond donors (Lipinski definition) is 0. The van der Waals surface area contributed by atoms with Crippen LogP contribution in [0.5, 0.6) is 0 Å². The van der Waals surface area contributed by atoms with Gasteiger partial charge in [0.2, 0.25) is 0 Å². The van der Waals surface area contributed by atoms with E-state index in [1.54, 1.807) is 0 Å². The lowest BCUT2D eigenvalue weighted by Gasteiger charge is -2.10. The third kappa shape index (κ3) is 1.50. The van der Waals surface area contributed by atoms with Gasteiger partial charge in [-0.15, -0.1) is 0 Å². The summed E-state index contributed by atoms with van der Waals surface area (Å²) in [5, 5.41) is 2.48. The Morgan fingerprint density at radius 1 is 0.824 bits per heavy atom. The van der Waals surface area contributed by atoms with Crippen LogP contribution in [0.3, 0.4) is 0 Å². The number of fused-ring (bicyclic) bond motifs is 2. The highest BCUT2D eigenvalue weighted by Gasteiger charge is 2.06. The van der Waals surface area contributed by atoms with Crippen LogP contribution in [0.25, 0.3) is 21.8 Å². The molecule has 0 radical (unpaired) electrons. The summed E-state index contributed by atoms with van der Waals surface area (Å²) in [5.41, 5.74) is 6.21.